The summed E-state index contributed by atoms with van der Waals surface area (Å²) in [6.07, 6.45) is 1.77. The number of carbonyl (C=O) groups is 2. The number of unbranched alkanes of at least 4 members (excludes halogenated alkanes) is 1. The van der Waals surface area contributed by atoms with Crippen LogP contribution in [0.3, 0.4) is 0 Å². The van der Waals surface area contributed by atoms with Crippen molar-refractivity contribution in [3.8, 4) is 5.75 Å². The number of carbonyl (C=O) groups excluding carboxylic acids is 2. The van der Waals surface area contributed by atoms with Crippen LogP contribution in [0.5, 0.6) is 5.75 Å². The van der Waals surface area contributed by atoms with Crippen LogP contribution >= 0.6 is 0 Å². The highest BCUT2D eigenvalue weighted by Gasteiger charge is 2.19. The van der Waals surface area contributed by atoms with Gasteiger partial charge in [0.2, 0.25) is 0 Å². The number of anilines is 1. The summed E-state index contributed by atoms with van der Waals surface area (Å²) in [5.41, 5.74) is 3.37. The summed E-state index contributed by atoms with van der Waals surface area (Å²) < 4.78 is 11.0. The van der Waals surface area contributed by atoms with Gasteiger partial charge in [-0.3, -0.25) is 4.79 Å². The maximum atomic E-state index is 12.6. The average molecular weight is 383 g/mol. The molecular formula is C23H29NO4. The normalized spacial score (nSPS) is 11.6. The van der Waals surface area contributed by atoms with Gasteiger partial charge in [0.1, 0.15) is 5.75 Å². The number of ether oxygens (including phenoxy) is 2. The van der Waals surface area contributed by atoms with Crippen LogP contribution in [-0.2, 0) is 9.53 Å². The van der Waals surface area contributed by atoms with E-state index in [0.717, 1.165) is 18.4 Å². The Balaban J connectivity index is 1.96. The second kappa shape index (κ2) is 10.5. The fourth-order valence-electron chi connectivity index (χ4n) is 2.58. The lowest BCUT2D eigenvalue weighted by Crippen LogP contribution is -2.32. The molecule has 2 rings (SSSR count). The molecule has 150 valence electrons. The number of benzene rings is 2. The number of aryl methyl sites for hydroxylation is 2. The largest absolute Gasteiger partial charge is 0.481 e. The number of amides is 1. The minimum absolute atomic E-state index is 0.223. The molecule has 28 heavy (non-hydrogen) atoms. The Morgan fingerprint density at radius 3 is 2.32 bits per heavy atom. The van der Waals surface area contributed by atoms with Gasteiger partial charge in [0.25, 0.3) is 5.91 Å². The van der Waals surface area contributed by atoms with E-state index in [1.54, 1.807) is 24.3 Å². The second-order valence-corrected chi connectivity index (χ2v) is 6.82. The van der Waals surface area contributed by atoms with Crippen molar-refractivity contribution >= 4 is 17.6 Å². The lowest BCUT2D eigenvalue weighted by molar-refractivity contribution is -0.122. The summed E-state index contributed by atoms with van der Waals surface area (Å²) in [5, 5.41) is 2.84. The quantitative estimate of drug-likeness (QED) is 0.486. The Morgan fingerprint density at radius 2 is 1.71 bits per heavy atom. The van der Waals surface area contributed by atoms with Crippen LogP contribution in [0.15, 0.2) is 42.5 Å². The highest BCUT2D eigenvalue weighted by atomic mass is 16.5. The van der Waals surface area contributed by atoms with E-state index in [1.165, 1.54) is 5.56 Å². The standard InChI is InChI=1S/C23H29NO4/c1-5-7-14-27-23(26)18-9-11-19(12-10-18)24-22(25)21(6-2)28-20-13-8-16(3)17(4)15-20/h8-13,15,21H,5-7,14H2,1-4H3,(H,24,25)/t21-/m1/s1. The predicted molar refractivity (Wildman–Crippen MR) is 111 cm³/mol. The highest BCUT2D eigenvalue weighted by Crippen LogP contribution is 2.19. The number of esters is 1. The number of rotatable bonds is 9. The molecule has 0 aliphatic rings. The zero-order valence-corrected chi connectivity index (χ0v) is 17.1. The van der Waals surface area contributed by atoms with Gasteiger partial charge in [-0.05, 0) is 74.2 Å². The fraction of sp³-hybridized carbons (Fsp3) is 0.391. The first kappa shape index (κ1) is 21.5. The molecule has 0 aliphatic carbocycles. The molecule has 2 aromatic rings. The Hall–Kier alpha value is -2.82. The van der Waals surface area contributed by atoms with E-state index in [-0.39, 0.29) is 11.9 Å². The third-order valence-electron chi connectivity index (χ3n) is 4.54. The summed E-state index contributed by atoms with van der Waals surface area (Å²) in [5.74, 6) is 0.102. The van der Waals surface area contributed by atoms with Crippen molar-refractivity contribution in [2.75, 3.05) is 11.9 Å². The molecule has 0 saturated heterocycles. The third-order valence-corrected chi connectivity index (χ3v) is 4.54. The van der Waals surface area contributed by atoms with E-state index in [0.29, 0.717) is 30.0 Å². The van der Waals surface area contributed by atoms with Gasteiger partial charge >= 0.3 is 5.97 Å². The molecule has 0 bridgehead atoms. The first-order valence-corrected chi connectivity index (χ1v) is 9.76. The van der Waals surface area contributed by atoms with Crippen LogP contribution in [0, 0.1) is 13.8 Å². The molecule has 1 atom stereocenters. The Bertz CT molecular complexity index is 799. The van der Waals surface area contributed by atoms with Crippen LogP contribution in [0.4, 0.5) is 5.69 Å². The van der Waals surface area contributed by atoms with E-state index >= 15 is 0 Å². The van der Waals surface area contributed by atoms with Crippen LogP contribution in [0.1, 0.15) is 54.6 Å². The van der Waals surface area contributed by atoms with Gasteiger partial charge in [-0.15, -0.1) is 0 Å². The van der Waals surface area contributed by atoms with Crippen molar-refractivity contribution in [2.24, 2.45) is 0 Å². The Labute approximate surface area is 167 Å². The van der Waals surface area contributed by atoms with Gasteiger partial charge in [-0.1, -0.05) is 26.3 Å². The summed E-state index contributed by atoms with van der Waals surface area (Å²) in [6, 6.07) is 12.5. The topological polar surface area (TPSA) is 64.6 Å². The van der Waals surface area contributed by atoms with E-state index in [9.17, 15) is 9.59 Å². The molecule has 1 amide bonds. The minimum Gasteiger partial charge on any atom is -0.481 e. The molecule has 2 aromatic carbocycles. The number of hydrogen-bond donors (Lipinski definition) is 1. The van der Waals surface area contributed by atoms with Gasteiger partial charge in [0, 0.05) is 5.69 Å². The summed E-state index contributed by atoms with van der Waals surface area (Å²) in [7, 11) is 0. The molecular weight excluding hydrogens is 354 g/mol. The maximum Gasteiger partial charge on any atom is 0.338 e. The first-order chi connectivity index (χ1) is 13.4. The van der Waals surface area contributed by atoms with Crippen LogP contribution in [-0.4, -0.2) is 24.6 Å². The van der Waals surface area contributed by atoms with Crippen LogP contribution in [0.2, 0.25) is 0 Å². The molecule has 5 nitrogen and oxygen atoms in total. The first-order valence-electron chi connectivity index (χ1n) is 9.76. The van der Waals surface area contributed by atoms with Gasteiger partial charge in [-0.2, -0.15) is 0 Å². The molecule has 0 radical (unpaired) electrons. The highest BCUT2D eigenvalue weighted by molar-refractivity contribution is 5.95. The van der Waals surface area contributed by atoms with E-state index in [4.69, 9.17) is 9.47 Å². The number of hydrogen-bond acceptors (Lipinski definition) is 4. The van der Waals surface area contributed by atoms with E-state index in [2.05, 4.69) is 5.32 Å². The van der Waals surface area contributed by atoms with Gasteiger partial charge in [0.05, 0.1) is 12.2 Å². The third kappa shape index (κ3) is 6.12. The van der Waals surface area contributed by atoms with Gasteiger partial charge in [0.15, 0.2) is 6.10 Å². The van der Waals surface area contributed by atoms with Gasteiger partial charge < -0.3 is 14.8 Å². The summed E-state index contributed by atoms with van der Waals surface area (Å²) >= 11 is 0. The van der Waals surface area contributed by atoms with Crippen molar-refractivity contribution in [1.82, 2.24) is 0 Å². The lowest BCUT2D eigenvalue weighted by Gasteiger charge is -2.18. The molecule has 0 spiro atoms. The summed E-state index contributed by atoms with van der Waals surface area (Å²) in [4.78, 5) is 24.5. The van der Waals surface area contributed by atoms with Crippen molar-refractivity contribution in [1.29, 1.82) is 0 Å². The maximum absolute atomic E-state index is 12.6. The molecule has 1 N–H and O–H groups in total. The van der Waals surface area contributed by atoms with Crippen LogP contribution in [0.25, 0.3) is 0 Å². The lowest BCUT2D eigenvalue weighted by atomic mass is 10.1. The van der Waals surface area contributed by atoms with Crippen molar-refractivity contribution in [3.63, 3.8) is 0 Å². The summed E-state index contributed by atoms with van der Waals surface area (Å²) in [6.45, 7) is 8.41. The second-order valence-electron chi connectivity index (χ2n) is 6.82. The van der Waals surface area contributed by atoms with Crippen LogP contribution < -0.4 is 10.1 Å². The zero-order valence-electron chi connectivity index (χ0n) is 17.1. The molecule has 5 heteroatoms. The SMILES string of the molecule is CCCCOC(=O)c1ccc(NC(=O)[C@@H](CC)Oc2ccc(C)c(C)c2)cc1. The smallest absolute Gasteiger partial charge is 0.338 e. The van der Waals surface area contributed by atoms with Crippen molar-refractivity contribution in [3.05, 3.63) is 59.2 Å². The number of nitrogens with one attached hydrogen (secondary N) is 1. The molecule has 0 aromatic heterocycles. The monoisotopic (exact) mass is 383 g/mol. The average Bonchev–Trinajstić information content (AvgIpc) is 2.69. The predicted octanol–water partition coefficient (Wildman–Crippen LogP) is 5.06. The van der Waals surface area contributed by atoms with E-state index in [1.807, 2.05) is 45.9 Å². The van der Waals surface area contributed by atoms with Crippen molar-refractivity contribution < 1.29 is 19.1 Å². The zero-order chi connectivity index (χ0) is 20.5. The fourth-order valence-corrected chi connectivity index (χ4v) is 2.58. The van der Waals surface area contributed by atoms with Crippen molar-refractivity contribution in [2.45, 2.75) is 53.1 Å². The Kier molecular flexibility index (Phi) is 8.05. The minimum atomic E-state index is -0.596. The molecule has 0 unspecified atom stereocenters. The molecule has 0 saturated carbocycles. The molecule has 0 heterocycles. The Morgan fingerprint density at radius 1 is 1.00 bits per heavy atom. The molecule has 0 aliphatic heterocycles. The van der Waals surface area contributed by atoms with Gasteiger partial charge in [-0.25, -0.2) is 4.79 Å². The van der Waals surface area contributed by atoms with E-state index < -0.39 is 6.10 Å². The molecule has 0 fully saturated rings.